The third-order valence-electron chi connectivity index (χ3n) is 0. The SMILES string of the molecule is O=[N+]([O-])[GeH3].[H-]. The van der Waals surface area contributed by atoms with Crippen LogP contribution >= 0.6 is 0 Å². The van der Waals surface area contributed by atoms with Crippen molar-refractivity contribution < 1.29 is 5.31 Å². The van der Waals surface area contributed by atoms with Gasteiger partial charge in [-0.1, -0.05) is 0 Å². The Balaban J connectivity index is 0. The standard InChI is InChI=1S/GeH3NO2.H/c1-2(3)4;/h1H3;/q;-1. The molecule has 0 aromatic carbocycles. The second-order valence-corrected chi connectivity index (χ2v) is 1.97. The van der Waals surface area contributed by atoms with Gasteiger partial charge in [0.15, 0.2) is 0 Å². The summed E-state index contributed by atoms with van der Waals surface area (Å²) < 4.78 is -0.312. The molecule has 0 aliphatic carbocycles. The van der Waals surface area contributed by atoms with Crippen molar-refractivity contribution in [2.24, 2.45) is 0 Å². The minimum atomic E-state index is -0.312. The van der Waals surface area contributed by atoms with Gasteiger partial charge >= 0.3 is 30.7 Å². The Bertz CT molecular complexity index is 32.6. The van der Waals surface area contributed by atoms with Gasteiger partial charge in [-0.25, -0.2) is 0 Å². The summed E-state index contributed by atoms with van der Waals surface area (Å²) in [5, 5.41) is 8.89. The van der Waals surface area contributed by atoms with Gasteiger partial charge in [0.05, 0.1) is 0 Å². The van der Waals surface area contributed by atoms with Crippen molar-refractivity contribution in [1.29, 1.82) is 0 Å². The van der Waals surface area contributed by atoms with Gasteiger partial charge < -0.3 is 1.43 Å². The van der Waals surface area contributed by atoms with Gasteiger partial charge in [-0.15, -0.1) is 0 Å². The predicted molar refractivity (Wildman–Crippen MR) is 18.0 cm³/mol. The first-order valence-corrected chi connectivity index (χ1v) is 2.69. The van der Waals surface area contributed by atoms with E-state index in [0.29, 0.717) is 0 Å². The van der Waals surface area contributed by atoms with E-state index < -0.39 is 0 Å². The van der Waals surface area contributed by atoms with Crippen LogP contribution in [0, 0.1) is 10.1 Å². The monoisotopic (exact) mass is 124 g/mol. The van der Waals surface area contributed by atoms with Crippen molar-refractivity contribution in [3.8, 4) is 0 Å². The molecule has 26 valence electrons. The second kappa shape index (κ2) is 1.28. The first kappa shape index (κ1) is 3.94. The van der Waals surface area contributed by atoms with Crippen LogP contribution < -0.4 is 0 Å². The number of hydrogen-bond donors (Lipinski definition) is 0. The minimum absolute atomic E-state index is 0. The van der Waals surface area contributed by atoms with Crippen molar-refractivity contribution in [1.82, 2.24) is 0 Å². The van der Waals surface area contributed by atoms with Gasteiger partial charge in [0.25, 0.3) is 0 Å². The fraction of sp³-hybridized carbons (Fsp3) is 0. The van der Waals surface area contributed by atoms with E-state index in [0.717, 1.165) is 0 Å². The third-order valence-corrected chi connectivity index (χ3v) is 0. The predicted octanol–water partition coefficient (Wildman–Crippen LogP) is -1.34. The first-order valence-electron chi connectivity index (χ1n) is 0.812. The van der Waals surface area contributed by atoms with Crippen LogP contribution in [-0.2, 0) is 0 Å². The number of rotatable bonds is 0. The van der Waals surface area contributed by atoms with Gasteiger partial charge in [0.1, 0.15) is 0 Å². The molecule has 0 unspecified atom stereocenters. The van der Waals surface area contributed by atoms with Crippen LogP contribution in [0.4, 0.5) is 0 Å². The van der Waals surface area contributed by atoms with Crippen LogP contribution in [0.2, 0.25) is 0 Å². The molecule has 0 fully saturated rings. The van der Waals surface area contributed by atoms with Gasteiger partial charge in [-0.3, -0.25) is 0 Å². The van der Waals surface area contributed by atoms with Crippen LogP contribution in [0.25, 0.3) is 0 Å². The molecule has 0 atom stereocenters. The quantitative estimate of drug-likeness (QED) is 0.227. The van der Waals surface area contributed by atoms with Gasteiger partial charge in [-0.05, 0) is 0 Å². The van der Waals surface area contributed by atoms with Crippen molar-refractivity contribution in [2.75, 3.05) is 0 Å². The zero-order valence-electron chi connectivity index (χ0n) is 3.26. The maximum atomic E-state index is 8.89. The summed E-state index contributed by atoms with van der Waals surface area (Å²) in [5.41, 5.74) is 0. The maximum Gasteiger partial charge on any atom is -1.00 e. The zero-order chi connectivity index (χ0) is 3.58. The zero-order valence-corrected chi connectivity index (χ0v) is 6.46. The molecule has 4 heavy (non-hydrogen) atoms. The summed E-state index contributed by atoms with van der Waals surface area (Å²) in [6.07, 6.45) is 0. The van der Waals surface area contributed by atoms with Gasteiger partial charge in [0.2, 0.25) is 0 Å². The average molecular weight is 123 g/mol. The molecule has 0 saturated heterocycles. The molecule has 0 bridgehead atoms. The molecule has 0 spiro atoms. The fourth-order valence-electron chi connectivity index (χ4n) is 0. The van der Waals surface area contributed by atoms with Crippen molar-refractivity contribution in [3.05, 3.63) is 10.1 Å². The van der Waals surface area contributed by atoms with E-state index in [-0.39, 0.29) is 22.0 Å². The molecule has 0 N–H and O–H groups in total. The Kier molecular flexibility index (Phi) is 1.26. The summed E-state index contributed by atoms with van der Waals surface area (Å²) >= 11 is -0.215. The van der Waals surface area contributed by atoms with Crippen molar-refractivity contribution in [2.45, 2.75) is 0 Å². The van der Waals surface area contributed by atoms with E-state index >= 15 is 0 Å². The summed E-state index contributed by atoms with van der Waals surface area (Å²) in [4.78, 5) is 8.89. The minimum Gasteiger partial charge on any atom is -1.00 e. The van der Waals surface area contributed by atoms with E-state index in [1.54, 1.807) is 0 Å². The van der Waals surface area contributed by atoms with Crippen molar-refractivity contribution >= 4 is 16.7 Å². The fourth-order valence-corrected chi connectivity index (χ4v) is 0. The summed E-state index contributed by atoms with van der Waals surface area (Å²) in [6.45, 7) is 0. The Morgan fingerprint density at radius 2 is 2.25 bits per heavy atom. The summed E-state index contributed by atoms with van der Waals surface area (Å²) in [5.74, 6) is 0. The molecule has 0 saturated carbocycles. The molecule has 0 aromatic heterocycles. The topological polar surface area (TPSA) is 43.1 Å². The molecule has 0 aliphatic rings. The molecule has 0 heterocycles. The average Bonchev–Trinajstić information content (AvgIpc) is 0.811. The second-order valence-electron chi connectivity index (χ2n) is 0.440. The molecule has 3 nitrogen and oxygen atoms in total. The summed E-state index contributed by atoms with van der Waals surface area (Å²) in [6, 6.07) is 0. The largest absolute Gasteiger partial charge is 1.00 e. The van der Waals surface area contributed by atoms with E-state index in [9.17, 15) is 0 Å². The molecular weight excluding hydrogens is 119 g/mol. The van der Waals surface area contributed by atoms with Crippen LogP contribution in [0.3, 0.4) is 0 Å². The number of hydrogen-bond acceptors (Lipinski definition) is 2. The molecular formula is H4GeNO2-. The molecule has 0 rings (SSSR count). The number of nitrogens with zero attached hydrogens (tertiary/aromatic N) is 1. The Morgan fingerprint density at radius 3 is 2.25 bits per heavy atom. The van der Waals surface area contributed by atoms with Crippen molar-refractivity contribution in [3.63, 3.8) is 0 Å². The van der Waals surface area contributed by atoms with E-state index in [2.05, 4.69) is 0 Å². The van der Waals surface area contributed by atoms with Crippen LogP contribution in [-0.4, -0.2) is 20.6 Å². The molecule has 0 aromatic rings. The van der Waals surface area contributed by atoms with E-state index in [1.807, 2.05) is 0 Å². The first-order chi connectivity index (χ1) is 1.73. The molecule has 0 amide bonds. The Labute approximate surface area is 33.1 Å². The number of nitro groups is 1. The maximum absolute atomic E-state index is 8.89. The molecule has 4 heteroatoms. The Hall–Kier alpha value is -0.0571. The van der Waals surface area contributed by atoms with Crippen LogP contribution in [0.15, 0.2) is 0 Å². The molecule has 0 aliphatic heterocycles. The van der Waals surface area contributed by atoms with Gasteiger partial charge in [-0.2, -0.15) is 0 Å². The van der Waals surface area contributed by atoms with Crippen LogP contribution in [0.1, 0.15) is 1.43 Å². The van der Waals surface area contributed by atoms with Gasteiger partial charge in [0, 0.05) is 0 Å². The van der Waals surface area contributed by atoms with Crippen LogP contribution in [0.5, 0.6) is 0 Å². The summed E-state index contributed by atoms with van der Waals surface area (Å²) in [7, 11) is 0. The van der Waals surface area contributed by atoms with E-state index in [4.69, 9.17) is 10.1 Å². The normalized spacial score (nSPS) is 7.00. The smallest absolute Gasteiger partial charge is 1.00 e. The molecule has 0 radical (unpaired) electrons. The third kappa shape index (κ3) is 529. The van der Waals surface area contributed by atoms with E-state index in [1.165, 1.54) is 0 Å². The Morgan fingerprint density at radius 1 is 2.25 bits per heavy atom.